The highest BCUT2D eigenvalue weighted by atomic mass is 19.2. The number of pyridine rings is 1. The van der Waals surface area contributed by atoms with Gasteiger partial charge < -0.3 is 10.0 Å². The molecule has 0 aliphatic carbocycles. The summed E-state index contributed by atoms with van der Waals surface area (Å²) in [5.74, 6) is -3.22. The van der Waals surface area contributed by atoms with Crippen molar-refractivity contribution in [1.29, 1.82) is 0 Å². The van der Waals surface area contributed by atoms with Crippen LogP contribution >= 0.6 is 0 Å². The molecule has 0 aliphatic heterocycles. The number of halogens is 2. The average molecular weight is 244 g/mol. The van der Waals surface area contributed by atoms with E-state index in [4.69, 9.17) is 5.11 Å². The number of carbonyl (C=O) groups is 1. The molecule has 0 saturated heterocycles. The average Bonchev–Trinajstić information content (AvgIpc) is 2.28. The fourth-order valence-electron chi connectivity index (χ4n) is 1.44. The lowest BCUT2D eigenvalue weighted by Gasteiger charge is -2.26. The van der Waals surface area contributed by atoms with Crippen LogP contribution in [0.25, 0.3) is 0 Å². The molecule has 17 heavy (non-hydrogen) atoms. The van der Waals surface area contributed by atoms with Crippen LogP contribution in [0.15, 0.2) is 12.3 Å². The summed E-state index contributed by atoms with van der Waals surface area (Å²) < 4.78 is 26.3. The zero-order valence-corrected chi connectivity index (χ0v) is 9.65. The standard InChI is InChI=1S/C11H14F2N2O2/c1-7(2)15(5-6-16)11(17)8-3-4-14-10(13)9(8)12/h3-4,7,16H,5-6H2,1-2H3. The maximum absolute atomic E-state index is 13.4. The number of nitrogens with zero attached hydrogens (tertiary/aromatic N) is 2. The third-order valence-corrected chi connectivity index (χ3v) is 2.30. The molecule has 0 unspecified atom stereocenters. The van der Waals surface area contributed by atoms with E-state index < -0.39 is 17.7 Å². The van der Waals surface area contributed by atoms with E-state index in [1.807, 2.05) is 0 Å². The van der Waals surface area contributed by atoms with Gasteiger partial charge in [-0.25, -0.2) is 9.37 Å². The number of amides is 1. The highest BCUT2D eigenvalue weighted by molar-refractivity contribution is 5.94. The number of aliphatic hydroxyl groups excluding tert-OH is 1. The second kappa shape index (κ2) is 5.67. The number of aliphatic hydroxyl groups is 1. The van der Waals surface area contributed by atoms with Gasteiger partial charge in [0.05, 0.1) is 12.2 Å². The summed E-state index contributed by atoms with van der Waals surface area (Å²) in [6.07, 6.45) is 1.03. The van der Waals surface area contributed by atoms with Gasteiger partial charge in [0.25, 0.3) is 5.91 Å². The Morgan fingerprint density at radius 3 is 2.71 bits per heavy atom. The Balaban J connectivity index is 3.05. The molecule has 1 aromatic heterocycles. The molecular formula is C11H14F2N2O2. The largest absolute Gasteiger partial charge is 0.395 e. The third kappa shape index (κ3) is 2.97. The molecule has 0 fully saturated rings. The molecule has 1 aromatic rings. The van der Waals surface area contributed by atoms with Crippen LogP contribution in [0.5, 0.6) is 0 Å². The highest BCUT2D eigenvalue weighted by Gasteiger charge is 2.23. The number of hydrogen-bond donors (Lipinski definition) is 1. The molecule has 1 heterocycles. The molecule has 4 nitrogen and oxygen atoms in total. The SMILES string of the molecule is CC(C)N(CCO)C(=O)c1ccnc(F)c1F. The van der Waals surface area contributed by atoms with Gasteiger partial charge in [-0.2, -0.15) is 4.39 Å². The smallest absolute Gasteiger partial charge is 0.257 e. The Hall–Kier alpha value is -1.56. The Kier molecular flexibility index (Phi) is 4.51. The van der Waals surface area contributed by atoms with Crippen molar-refractivity contribution in [2.24, 2.45) is 0 Å². The molecule has 0 atom stereocenters. The molecular weight excluding hydrogens is 230 g/mol. The summed E-state index contributed by atoms with van der Waals surface area (Å²) >= 11 is 0. The van der Waals surface area contributed by atoms with Gasteiger partial charge in [0, 0.05) is 18.8 Å². The lowest BCUT2D eigenvalue weighted by molar-refractivity contribution is 0.0659. The van der Waals surface area contributed by atoms with E-state index in [1.165, 1.54) is 4.90 Å². The van der Waals surface area contributed by atoms with E-state index >= 15 is 0 Å². The Labute approximate surface area is 97.9 Å². The summed E-state index contributed by atoms with van der Waals surface area (Å²) in [7, 11) is 0. The predicted molar refractivity (Wildman–Crippen MR) is 57.4 cm³/mol. The van der Waals surface area contributed by atoms with Crippen molar-refractivity contribution in [3.05, 3.63) is 29.6 Å². The van der Waals surface area contributed by atoms with Crippen molar-refractivity contribution >= 4 is 5.91 Å². The second-order valence-electron chi connectivity index (χ2n) is 3.78. The van der Waals surface area contributed by atoms with Gasteiger partial charge in [-0.05, 0) is 19.9 Å². The van der Waals surface area contributed by atoms with E-state index in [0.717, 1.165) is 12.3 Å². The van der Waals surface area contributed by atoms with Crippen LogP contribution in [0.3, 0.4) is 0 Å². The summed E-state index contributed by atoms with van der Waals surface area (Å²) in [5, 5.41) is 8.83. The summed E-state index contributed by atoms with van der Waals surface area (Å²) in [5.41, 5.74) is -0.375. The maximum Gasteiger partial charge on any atom is 0.257 e. The molecule has 0 aliphatic rings. The molecule has 0 bridgehead atoms. The van der Waals surface area contributed by atoms with Crippen LogP contribution in [-0.4, -0.2) is 40.1 Å². The molecule has 0 radical (unpaired) electrons. The molecule has 1 rings (SSSR count). The zero-order chi connectivity index (χ0) is 13.0. The summed E-state index contributed by atoms with van der Waals surface area (Å²) in [6, 6.07) is 0.901. The molecule has 1 amide bonds. The van der Waals surface area contributed by atoms with Gasteiger partial charge in [-0.1, -0.05) is 0 Å². The zero-order valence-electron chi connectivity index (χ0n) is 9.65. The lowest BCUT2D eigenvalue weighted by Crippen LogP contribution is -2.39. The minimum absolute atomic E-state index is 0.0693. The van der Waals surface area contributed by atoms with Crippen molar-refractivity contribution in [1.82, 2.24) is 9.88 Å². The molecule has 0 spiro atoms. The number of aromatic nitrogens is 1. The minimum atomic E-state index is -1.30. The molecule has 0 saturated carbocycles. The van der Waals surface area contributed by atoms with E-state index in [-0.39, 0.29) is 24.8 Å². The van der Waals surface area contributed by atoms with Crippen molar-refractivity contribution < 1.29 is 18.7 Å². The van der Waals surface area contributed by atoms with Crippen LogP contribution < -0.4 is 0 Å². The second-order valence-corrected chi connectivity index (χ2v) is 3.78. The van der Waals surface area contributed by atoms with Crippen molar-refractivity contribution in [3.8, 4) is 0 Å². The fraction of sp³-hybridized carbons (Fsp3) is 0.455. The van der Waals surface area contributed by atoms with Gasteiger partial charge in [0.15, 0.2) is 5.82 Å². The Morgan fingerprint density at radius 1 is 1.53 bits per heavy atom. The monoisotopic (exact) mass is 244 g/mol. The lowest BCUT2D eigenvalue weighted by atomic mass is 10.2. The number of carbonyl (C=O) groups excluding carboxylic acids is 1. The van der Waals surface area contributed by atoms with Gasteiger partial charge in [-0.15, -0.1) is 0 Å². The van der Waals surface area contributed by atoms with Crippen molar-refractivity contribution in [3.63, 3.8) is 0 Å². The minimum Gasteiger partial charge on any atom is -0.395 e. The Bertz CT molecular complexity index is 410. The molecule has 1 N–H and O–H groups in total. The summed E-state index contributed by atoms with van der Waals surface area (Å²) in [6.45, 7) is 3.28. The maximum atomic E-state index is 13.4. The van der Waals surface area contributed by atoms with Crippen LogP contribution in [0.1, 0.15) is 24.2 Å². The van der Waals surface area contributed by atoms with Crippen LogP contribution in [0.2, 0.25) is 0 Å². The topological polar surface area (TPSA) is 53.4 Å². The molecule has 6 heteroatoms. The quantitative estimate of drug-likeness (QED) is 0.810. The first-order valence-electron chi connectivity index (χ1n) is 5.20. The first-order chi connectivity index (χ1) is 7.99. The third-order valence-electron chi connectivity index (χ3n) is 2.30. The van der Waals surface area contributed by atoms with E-state index in [9.17, 15) is 13.6 Å². The van der Waals surface area contributed by atoms with E-state index in [1.54, 1.807) is 13.8 Å². The van der Waals surface area contributed by atoms with E-state index in [2.05, 4.69) is 4.98 Å². The van der Waals surface area contributed by atoms with Crippen molar-refractivity contribution in [2.45, 2.75) is 19.9 Å². The van der Waals surface area contributed by atoms with Crippen LogP contribution in [0.4, 0.5) is 8.78 Å². The first-order valence-corrected chi connectivity index (χ1v) is 5.20. The summed E-state index contributed by atoms with van der Waals surface area (Å²) in [4.78, 5) is 16.3. The Morgan fingerprint density at radius 2 is 2.18 bits per heavy atom. The fourth-order valence-corrected chi connectivity index (χ4v) is 1.44. The highest BCUT2D eigenvalue weighted by Crippen LogP contribution is 2.13. The van der Waals surface area contributed by atoms with Crippen LogP contribution in [-0.2, 0) is 0 Å². The van der Waals surface area contributed by atoms with Crippen LogP contribution in [0, 0.1) is 11.8 Å². The normalized spacial score (nSPS) is 10.7. The van der Waals surface area contributed by atoms with Crippen molar-refractivity contribution in [2.75, 3.05) is 13.2 Å². The van der Waals surface area contributed by atoms with Gasteiger partial charge >= 0.3 is 0 Å². The van der Waals surface area contributed by atoms with Gasteiger partial charge in [-0.3, -0.25) is 4.79 Å². The number of hydrogen-bond acceptors (Lipinski definition) is 3. The molecule has 0 aromatic carbocycles. The number of rotatable bonds is 4. The van der Waals surface area contributed by atoms with Gasteiger partial charge in [0.2, 0.25) is 5.95 Å². The van der Waals surface area contributed by atoms with Gasteiger partial charge in [0.1, 0.15) is 0 Å². The van der Waals surface area contributed by atoms with E-state index in [0.29, 0.717) is 0 Å². The predicted octanol–water partition coefficient (Wildman–Crippen LogP) is 1.20. The molecule has 94 valence electrons. The first kappa shape index (κ1) is 13.5.